The summed E-state index contributed by atoms with van der Waals surface area (Å²) in [6.45, 7) is 1.95. The van der Waals surface area contributed by atoms with Crippen LogP contribution >= 0.6 is 11.5 Å². The molecule has 1 aromatic carbocycles. The van der Waals surface area contributed by atoms with Crippen molar-refractivity contribution in [3.05, 3.63) is 23.1 Å². The number of primary sulfonamides is 1. The average Bonchev–Trinajstić information content (AvgIpc) is 2.75. The Morgan fingerprint density at radius 1 is 1.39 bits per heavy atom. The van der Waals surface area contributed by atoms with Crippen LogP contribution in [0.1, 0.15) is 11.8 Å². The van der Waals surface area contributed by atoms with E-state index in [0.29, 0.717) is 23.4 Å². The van der Waals surface area contributed by atoms with Gasteiger partial charge in [0.15, 0.2) is 0 Å². The predicted octanol–water partition coefficient (Wildman–Crippen LogP) is 0.997. The van der Waals surface area contributed by atoms with Crippen molar-refractivity contribution in [2.75, 3.05) is 5.73 Å². The number of nitrogen functional groups attached to an aromatic ring is 1. The van der Waals surface area contributed by atoms with E-state index in [-0.39, 0.29) is 4.90 Å². The fourth-order valence-electron chi connectivity index (χ4n) is 1.63. The van der Waals surface area contributed by atoms with Gasteiger partial charge in [-0.05, 0) is 36.2 Å². The van der Waals surface area contributed by atoms with Gasteiger partial charge in [0.2, 0.25) is 10.0 Å². The van der Waals surface area contributed by atoms with Crippen molar-refractivity contribution in [2.45, 2.75) is 18.2 Å². The number of hydrogen-bond donors (Lipinski definition) is 2. The molecule has 0 aliphatic heterocycles. The van der Waals surface area contributed by atoms with Gasteiger partial charge >= 0.3 is 0 Å². The van der Waals surface area contributed by atoms with Gasteiger partial charge in [-0.1, -0.05) is 11.4 Å². The molecule has 0 bridgehead atoms. The van der Waals surface area contributed by atoms with Gasteiger partial charge in [0.05, 0.1) is 9.77 Å². The molecule has 0 unspecified atom stereocenters. The Hall–Kier alpha value is -1.51. The van der Waals surface area contributed by atoms with Crippen LogP contribution in [0.15, 0.2) is 23.1 Å². The molecule has 0 saturated heterocycles. The van der Waals surface area contributed by atoms with Gasteiger partial charge in [0.25, 0.3) is 0 Å². The van der Waals surface area contributed by atoms with Crippen molar-refractivity contribution in [1.82, 2.24) is 9.59 Å². The lowest BCUT2D eigenvalue weighted by Crippen LogP contribution is -2.14. The number of aryl methyl sites for hydroxylation is 1. The number of sulfonamides is 1. The lowest BCUT2D eigenvalue weighted by Gasteiger charge is -2.07. The van der Waals surface area contributed by atoms with Crippen molar-refractivity contribution in [1.29, 1.82) is 0 Å². The summed E-state index contributed by atoms with van der Waals surface area (Å²) in [5.41, 5.74) is 7.07. The van der Waals surface area contributed by atoms with Crippen LogP contribution in [-0.4, -0.2) is 18.0 Å². The quantitative estimate of drug-likeness (QED) is 0.816. The van der Waals surface area contributed by atoms with Gasteiger partial charge in [-0.3, -0.25) is 0 Å². The van der Waals surface area contributed by atoms with Crippen LogP contribution in [-0.2, 0) is 16.4 Å². The van der Waals surface area contributed by atoms with E-state index in [0.717, 1.165) is 4.88 Å². The number of nitrogens with two attached hydrogens (primary N) is 2. The van der Waals surface area contributed by atoms with Gasteiger partial charge in [-0.15, -0.1) is 5.10 Å². The molecule has 0 aliphatic carbocycles. The third-order valence-electron chi connectivity index (χ3n) is 2.44. The molecular formula is C10H12N4O2S2. The Labute approximate surface area is 109 Å². The second-order valence-corrected chi connectivity index (χ2v) is 6.07. The average molecular weight is 284 g/mol. The molecule has 0 radical (unpaired) electrons. The topological polar surface area (TPSA) is 112 Å². The highest BCUT2D eigenvalue weighted by Crippen LogP contribution is 2.31. The number of rotatable bonds is 3. The maximum Gasteiger partial charge on any atom is 0.238 e. The molecule has 8 heteroatoms. The van der Waals surface area contributed by atoms with Crippen molar-refractivity contribution >= 4 is 27.2 Å². The number of anilines is 1. The maximum atomic E-state index is 11.6. The van der Waals surface area contributed by atoms with E-state index in [2.05, 4.69) is 9.59 Å². The lowest BCUT2D eigenvalue weighted by molar-refractivity contribution is 0.598. The first-order chi connectivity index (χ1) is 8.43. The fraction of sp³-hybridized carbons (Fsp3) is 0.200. The molecule has 2 aromatic rings. The molecule has 2 rings (SSSR count). The largest absolute Gasteiger partial charge is 0.399 e. The third kappa shape index (κ3) is 2.35. The molecule has 1 heterocycles. The molecule has 0 aliphatic rings. The SMILES string of the molecule is CCc1snnc1-c1cc(N)ccc1S(N)(=O)=O. The Balaban J connectivity index is 2.74. The fourth-order valence-corrected chi connectivity index (χ4v) is 2.93. The monoisotopic (exact) mass is 284 g/mol. The van der Waals surface area contributed by atoms with Gasteiger partial charge in [-0.25, -0.2) is 13.6 Å². The highest BCUT2D eigenvalue weighted by atomic mass is 32.2. The summed E-state index contributed by atoms with van der Waals surface area (Å²) in [6.07, 6.45) is 0.714. The van der Waals surface area contributed by atoms with E-state index < -0.39 is 10.0 Å². The molecule has 96 valence electrons. The van der Waals surface area contributed by atoms with Crippen molar-refractivity contribution < 1.29 is 8.42 Å². The molecule has 1 aromatic heterocycles. The van der Waals surface area contributed by atoms with Crippen LogP contribution in [0, 0.1) is 0 Å². The molecule has 18 heavy (non-hydrogen) atoms. The van der Waals surface area contributed by atoms with Crippen LogP contribution in [0.4, 0.5) is 5.69 Å². The molecule has 0 saturated carbocycles. The molecule has 0 fully saturated rings. The van der Waals surface area contributed by atoms with Crippen LogP contribution in [0.2, 0.25) is 0 Å². The summed E-state index contributed by atoms with van der Waals surface area (Å²) < 4.78 is 26.9. The summed E-state index contributed by atoms with van der Waals surface area (Å²) >= 11 is 1.23. The first kappa shape index (κ1) is 12.9. The lowest BCUT2D eigenvalue weighted by atomic mass is 10.1. The first-order valence-electron chi connectivity index (χ1n) is 5.17. The van der Waals surface area contributed by atoms with E-state index >= 15 is 0 Å². The number of hydrogen-bond acceptors (Lipinski definition) is 6. The second-order valence-electron chi connectivity index (χ2n) is 3.70. The number of benzene rings is 1. The normalized spacial score (nSPS) is 11.7. The van der Waals surface area contributed by atoms with Gasteiger partial charge in [0, 0.05) is 11.3 Å². The van der Waals surface area contributed by atoms with Crippen LogP contribution < -0.4 is 10.9 Å². The molecule has 0 spiro atoms. The second kappa shape index (κ2) is 4.63. The zero-order valence-corrected chi connectivity index (χ0v) is 11.3. The highest BCUT2D eigenvalue weighted by molar-refractivity contribution is 7.89. The first-order valence-corrected chi connectivity index (χ1v) is 7.49. The van der Waals surface area contributed by atoms with E-state index in [1.54, 1.807) is 6.07 Å². The summed E-state index contributed by atoms with van der Waals surface area (Å²) in [4.78, 5) is 0.907. The predicted molar refractivity (Wildman–Crippen MR) is 70.5 cm³/mol. The molecule has 0 amide bonds. The summed E-state index contributed by atoms with van der Waals surface area (Å²) in [7, 11) is -3.82. The smallest absolute Gasteiger partial charge is 0.238 e. The minimum atomic E-state index is -3.82. The van der Waals surface area contributed by atoms with Gasteiger partial charge < -0.3 is 5.73 Å². The third-order valence-corrected chi connectivity index (χ3v) is 4.28. The van der Waals surface area contributed by atoms with E-state index in [9.17, 15) is 8.42 Å². The Kier molecular flexibility index (Phi) is 3.33. The minimum absolute atomic E-state index is 0.0131. The maximum absolute atomic E-state index is 11.6. The zero-order chi connectivity index (χ0) is 13.3. The van der Waals surface area contributed by atoms with E-state index in [4.69, 9.17) is 10.9 Å². The molecule has 6 nitrogen and oxygen atoms in total. The number of nitrogens with zero attached hydrogens (tertiary/aromatic N) is 2. The zero-order valence-electron chi connectivity index (χ0n) is 9.62. The van der Waals surface area contributed by atoms with Gasteiger partial charge in [-0.2, -0.15) is 0 Å². The van der Waals surface area contributed by atoms with Crippen LogP contribution in [0.5, 0.6) is 0 Å². The van der Waals surface area contributed by atoms with E-state index in [1.807, 2.05) is 6.92 Å². The summed E-state index contributed by atoms with van der Waals surface area (Å²) in [6, 6.07) is 4.43. The van der Waals surface area contributed by atoms with Crippen LogP contribution in [0.3, 0.4) is 0 Å². The highest BCUT2D eigenvalue weighted by Gasteiger charge is 2.19. The molecular weight excluding hydrogens is 272 g/mol. The van der Waals surface area contributed by atoms with E-state index in [1.165, 1.54) is 23.7 Å². The molecule has 0 atom stereocenters. The van der Waals surface area contributed by atoms with Crippen molar-refractivity contribution in [3.63, 3.8) is 0 Å². The summed E-state index contributed by atoms with van der Waals surface area (Å²) in [5, 5.41) is 9.16. The van der Waals surface area contributed by atoms with Gasteiger partial charge in [0.1, 0.15) is 5.69 Å². The Morgan fingerprint density at radius 3 is 2.72 bits per heavy atom. The van der Waals surface area contributed by atoms with Crippen molar-refractivity contribution in [2.24, 2.45) is 5.14 Å². The van der Waals surface area contributed by atoms with Crippen LogP contribution in [0.25, 0.3) is 11.3 Å². The van der Waals surface area contributed by atoms with Crippen molar-refractivity contribution in [3.8, 4) is 11.3 Å². The number of aromatic nitrogens is 2. The Morgan fingerprint density at radius 2 is 2.11 bits per heavy atom. The Bertz CT molecular complexity index is 679. The summed E-state index contributed by atoms with van der Waals surface area (Å²) in [5.74, 6) is 0. The molecule has 4 N–H and O–H groups in total. The minimum Gasteiger partial charge on any atom is -0.399 e. The standard InChI is InChI=1S/C10H12N4O2S2/c1-2-8-10(13-14-17-8)7-5-6(11)3-4-9(7)18(12,15)16/h3-5H,2,11H2,1H3,(H2,12,15,16).